The zero-order chi connectivity index (χ0) is 26.1. The van der Waals surface area contributed by atoms with Crippen LogP contribution in [0.2, 0.25) is 0 Å². The fourth-order valence-electron chi connectivity index (χ4n) is 3.35. The molecule has 0 aliphatic heterocycles. The van der Waals surface area contributed by atoms with Gasteiger partial charge in [0.15, 0.2) is 5.52 Å². The van der Waals surface area contributed by atoms with E-state index in [1.54, 1.807) is 6.07 Å². The molecule has 3 nitrogen and oxygen atoms in total. The Balaban J connectivity index is 0.00000648. The van der Waals surface area contributed by atoms with E-state index in [1.165, 1.54) is 12.1 Å². The van der Waals surface area contributed by atoms with Crippen LogP contribution in [0.5, 0.6) is 11.5 Å². The van der Waals surface area contributed by atoms with Crippen molar-refractivity contribution in [3.05, 3.63) is 53.1 Å². The summed E-state index contributed by atoms with van der Waals surface area (Å²) in [5.74, 6) is 0.679. The van der Waals surface area contributed by atoms with E-state index < -0.39 is 43.1 Å². The maximum Gasteiger partial charge on any atom is 1.00 e. The first-order chi connectivity index (χ1) is 16.5. The predicted octanol–water partition coefficient (Wildman–Crippen LogP) is 5.12. The summed E-state index contributed by atoms with van der Waals surface area (Å²) in [7, 11) is -1.00. The second-order valence-corrected chi connectivity index (χ2v) is 9.19. The number of carbonyl (C=O) groups excluding carboxylic acids is 1. The van der Waals surface area contributed by atoms with Crippen LogP contribution in [-0.4, -0.2) is 18.7 Å². The average molecular weight is 530 g/mol. The van der Waals surface area contributed by atoms with Crippen molar-refractivity contribution in [3.8, 4) is 11.5 Å². The largest absolute Gasteiger partial charge is 1.00 e. The van der Waals surface area contributed by atoms with Gasteiger partial charge in [-0.15, -0.1) is 0 Å². The molecular formula is C25H30F6LiO3P. The van der Waals surface area contributed by atoms with Crippen LogP contribution in [0, 0.1) is 0 Å². The van der Waals surface area contributed by atoms with E-state index in [1.807, 2.05) is 6.92 Å². The Morgan fingerprint density at radius 1 is 0.833 bits per heavy atom. The number of carbonyl (C=O) groups is 1. The molecule has 0 heterocycles. The van der Waals surface area contributed by atoms with Crippen molar-refractivity contribution in [2.24, 2.45) is 0 Å². The summed E-state index contributed by atoms with van der Waals surface area (Å²) in [6.45, 7) is 4.81. The number of halogens is 6. The third-order valence-electron chi connectivity index (χ3n) is 5.13. The summed E-state index contributed by atoms with van der Waals surface area (Å²) in [4.78, 5) is 12.9. The van der Waals surface area contributed by atoms with Gasteiger partial charge in [0.25, 0.3) is 0 Å². The van der Waals surface area contributed by atoms with Crippen LogP contribution in [0.4, 0.5) is 26.3 Å². The molecule has 1 atom stereocenters. The number of unbranched alkanes of at least 4 members (excludes halogenated alkanes) is 4. The van der Waals surface area contributed by atoms with Crippen LogP contribution in [0.3, 0.4) is 0 Å². The Kier molecular flexibility index (Phi) is 13.4. The quantitative estimate of drug-likeness (QED) is 0.156. The van der Waals surface area contributed by atoms with E-state index in [0.29, 0.717) is 43.6 Å². The van der Waals surface area contributed by atoms with Gasteiger partial charge in [0.2, 0.25) is 0 Å². The molecule has 0 aliphatic rings. The smallest absolute Gasteiger partial charge is 1.00 e. The molecule has 1 unspecified atom stereocenters. The summed E-state index contributed by atoms with van der Waals surface area (Å²) in [6, 6.07) is 6.17. The maximum atomic E-state index is 13.5. The third-order valence-corrected chi connectivity index (χ3v) is 6.29. The molecule has 0 bridgehead atoms. The second kappa shape index (κ2) is 14.9. The number of ether oxygens (including phenoxy) is 2. The predicted molar refractivity (Wildman–Crippen MR) is 126 cm³/mol. The van der Waals surface area contributed by atoms with Gasteiger partial charge in [-0.2, -0.15) is 26.3 Å². The Bertz CT molecular complexity index is 954. The van der Waals surface area contributed by atoms with Crippen LogP contribution in [0.15, 0.2) is 36.4 Å². The van der Waals surface area contributed by atoms with Crippen LogP contribution < -0.4 is 33.6 Å². The van der Waals surface area contributed by atoms with E-state index in [0.717, 1.165) is 32.1 Å². The molecule has 0 spiro atoms. The van der Waals surface area contributed by atoms with Gasteiger partial charge in [-0.3, -0.25) is 4.79 Å². The van der Waals surface area contributed by atoms with Crippen molar-refractivity contribution >= 4 is 19.4 Å². The van der Waals surface area contributed by atoms with Gasteiger partial charge in [0.1, 0.15) is 11.5 Å². The number of hydrogen-bond donors (Lipinski definition) is 0. The van der Waals surface area contributed by atoms with Gasteiger partial charge >= 0.3 is 31.2 Å². The van der Waals surface area contributed by atoms with Gasteiger partial charge in [-0.25, -0.2) is 0 Å². The van der Waals surface area contributed by atoms with E-state index in [9.17, 15) is 31.1 Å². The molecule has 0 radical (unpaired) electrons. The zero-order valence-electron chi connectivity index (χ0n) is 21.6. The van der Waals surface area contributed by atoms with Crippen molar-refractivity contribution in [1.29, 1.82) is 0 Å². The number of rotatable bonds is 13. The van der Waals surface area contributed by atoms with E-state index >= 15 is 0 Å². The molecule has 2 aromatic rings. The summed E-state index contributed by atoms with van der Waals surface area (Å²) in [5, 5.41) is 0.220. The number of hydrogen-bond acceptors (Lipinski definition) is 3. The first-order valence-corrected chi connectivity index (χ1v) is 12.5. The average Bonchev–Trinajstić information content (AvgIpc) is 2.79. The topological polar surface area (TPSA) is 35.5 Å². The fraction of sp³-hybridized carbons (Fsp3) is 0.480. The first-order valence-electron chi connectivity index (χ1n) is 11.5. The molecule has 0 saturated heterocycles. The van der Waals surface area contributed by atoms with Crippen molar-refractivity contribution in [2.45, 2.75) is 64.7 Å². The minimum absolute atomic E-state index is 0. The molecular weight excluding hydrogens is 500 g/mol. The molecule has 196 valence electrons. The summed E-state index contributed by atoms with van der Waals surface area (Å²) in [6.07, 6.45) is -4.88. The van der Waals surface area contributed by atoms with Crippen molar-refractivity contribution in [1.82, 2.24) is 0 Å². The Labute approximate surface area is 222 Å². The molecule has 0 aromatic heterocycles. The summed E-state index contributed by atoms with van der Waals surface area (Å²) in [5.41, 5.74) is -5.85. The van der Waals surface area contributed by atoms with Crippen LogP contribution in [-0.2, 0) is 12.4 Å². The summed E-state index contributed by atoms with van der Waals surface area (Å²) < 4.78 is 92.5. The van der Waals surface area contributed by atoms with Gasteiger partial charge < -0.3 is 10.9 Å². The molecule has 2 rings (SSSR count). The van der Waals surface area contributed by atoms with E-state index in [-0.39, 0.29) is 31.3 Å². The van der Waals surface area contributed by atoms with Gasteiger partial charge in [0, 0.05) is 16.9 Å². The molecule has 36 heavy (non-hydrogen) atoms. The first kappa shape index (κ1) is 32.3. The maximum absolute atomic E-state index is 13.5. The van der Waals surface area contributed by atoms with Gasteiger partial charge in [-0.05, 0) is 45.7 Å². The molecule has 0 aliphatic carbocycles. The normalized spacial score (nSPS) is 12.0. The molecule has 11 heteroatoms. The minimum atomic E-state index is -5.12. The minimum Gasteiger partial charge on any atom is -1.00 e. The van der Waals surface area contributed by atoms with Gasteiger partial charge in [-0.1, -0.05) is 45.6 Å². The number of benzene rings is 2. The van der Waals surface area contributed by atoms with Crippen molar-refractivity contribution in [2.75, 3.05) is 13.2 Å². The van der Waals surface area contributed by atoms with E-state index in [2.05, 4.69) is 6.92 Å². The summed E-state index contributed by atoms with van der Waals surface area (Å²) >= 11 is 0. The zero-order valence-corrected chi connectivity index (χ0v) is 21.6. The SMILES string of the molecule is CCCCCOc1ccc(PC(=O)c2c(C(F)(F)F)cccc2C(F)(F)F)c(OCCCCC)c1.[H-].[Li+]. The monoisotopic (exact) mass is 530 g/mol. The Hall–Kier alpha value is -1.68. The van der Waals surface area contributed by atoms with Crippen LogP contribution >= 0.6 is 8.58 Å². The Morgan fingerprint density at radius 3 is 1.86 bits per heavy atom. The van der Waals surface area contributed by atoms with Gasteiger partial charge in [0.05, 0.1) is 24.3 Å². The second-order valence-electron chi connectivity index (χ2n) is 7.95. The van der Waals surface area contributed by atoms with Crippen LogP contribution in [0.25, 0.3) is 0 Å². The standard InChI is InChI=1S/C25H29F6O3P.Li.H/c1-3-5-7-14-33-17-12-13-21(20(16-17)34-15-8-6-4-2)35-23(32)22-18(24(26,27)28)10-9-11-19(22)25(29,30)31;;/h9-13,16,35H,3-8,14-15H2,1-2H3;;/q;+1;-1. The molecule has 0 saturated carbocycles. The molecule has 0 fully saturated rings. The van der Waals surface area contributed by atoms with Crippen molar-refractivity contribution < 1.29 is 60.9 Å². The Morgan fingerprint density at radius 2 is 1.36 bits per heavy atom. The number of alkyl halides is 6. The van der Waals surface area contributed by atoms with E-state index in [4.69, 9.17) is 9.47 Å². The molecule has 0 amide bonds. The third kappa shape index (κ3) is 9.65. The van der Waals surface area contributed by atoms with Crippen LogP contribution in [0.1, 0.15) is 75.3 Å². The molecule has 2 aromatic carbocycles. The van der Waals surface area contributed by atoms with Crippen molar-refractivity contribution in [3.63, 3.8) is 0 Å². The molecule has 0 N–H and O–H groups in total. The fourth-order valence-corrected chi connectivity index (χ4v) is 4.42.